The summed E-state index contributed by atoms with van der Waals surface area (Å²) >= 11 is 0. The first-order valence-corrected chi connectivity index (χ1v) is 6.92. The lowest BCUT2D eigenvalue weighted by Gasteiger charge is -2.27. The lowest BCUT2D eigenvalue weighted by Crippen LogP contribution is -2.39. The summed E-state index contributed by atoms with van der Waals surface area (Å²) in [7, 11) is 0. The van der Waals surface area contributed by atoms with Crippen LogP contribution in [-0.2, 0) is 4.74 Å². The molecule has 3 nitrogen and oxygen atoms in total. The van der Waals surface area contributed by atoms with Gasteiger partial charge >= 0.3 is 0 Å². The molecule has 0 aromatic heterocycles. The molecule has 0 saturated carbocycles. The van der Waals surface area contributed by atoms with Crippen LogP contribution in [-0.4, -0.2) is 49.8 Å². The van der Waals surface area contributed by atoms with Gasteiger partial charge < -0.3 is 15.0 Å². The van der Waals surface area contributed by atoms with E-state index in [-0.39, 0.29) is 0 Å². The second-order valence-electron chi connectivity index (χ2n) is 5.27. The Morgan fingerprint density at radius 3 is 3.06 bits per heavy atom. The van der Waals surface area contributed by atoms with Crippen molar-refractivity contribution in [3.63, 3.8) is 0 Å². The molecule has 0 amide bonds. The van der Waals surface area contributed by atoms with Gasteiger partial charge in [0.05, 0.1) is 6.10 Å². The second kappa shape index (κ2) is 6.58. The zero-order valence-electron chi connectivity index (χ0n) is 10.6. The monoisotopic (exact) mass is 226 g/mol. The Hall–Kier alpha value is -0.120. The van der Waals surface area contributed by atoms with E-state index in [4.69, 9.17) is 4.74 Å². The van der Waals surface area contributed by atoms with Crippen molar-refractivity contribution in [1.29, 1.82) is 0 Å². The van der Waals surface area contributed by atoms with Crippen molar-refractivity contribution in [1.82, 2.24) is 10.2 Å². The molecule has 2 unspecified atom stereocenters. The van der Waals surface area contributed by atoms with Gasteiger partial charge in [-0.1, -0.05) is 6.42 Å². The van der Waals surface area contributed by atoms with Gasteiger partial charge in [-0.25, -0.2) is 0 Å². The van der Waals surface area contributed by atoms with Crippen molar-refractivity contribution in [3.05, 3.63) is 0 Å². The van der Waals surface area contributed by atoms with E-state index in [0.717, 1.165) is 19.2 Å². The summed E-state index contributed by atoms with van der Waals surface area (Å²) < 4.78 is 5.67. The molecule has 2 aliphatic heterocycles. The van der Waals surface area contributed by atoms with Crippen LogP contribution in [0.5, 0.6) is 0 Å². The highest BCUT2D eigenvalue weighted by Crippen LogP contribution is 2.12. The van der Waals surface area contributed by atoms with Crippen LogP contribution in [0.1, 0.15) is 39.0 Å². The van der Waals surface area contributed by atoms with Gasteiger partial charge in [-0.3, -0.25) is 0 Å². The van der Waals surface area contributed by atoms with Crippen LogP contribution in [0.4, 0.5) is 0 Å². The molecule has 2 saturated heterocycles. The van der Waals surface area contributed by atoms with Gasteiger partial charge in [0.15, 0.2) is 0 Å². The fraction of sp³-hybridized carbons (Fsp3) is 1.00. The SMILES string of the molecule is CC1CN(CCC2CCCCN2)CCCO1. The standard InChI is InChI=1S/C13H26N2O/c1-12-11-15(8-4-10-16-12)9-6-13-5-2-3-7-14-13/h12-14H,2-11H2,1H3. The Kier molecular flexibility index (Phi) is 5.07. The highest BCUT2D eigenvalue weighted by atomic mass is 16.5. The van der Waals surface area contributed by atoms with Gasteiger partial charge in [-0.2, -0.15) is 0 Å². The molecular formula is C13H26N2O. The minimum absolute atomic E-state index is 0.418. The first-order chi connectivity index (χ1) is 7.84. The van der Waals surface area contributed by atoms with Gasteiger partial charge in [0, 0.05) is 25.7 Å². The zero-order valence-corrected chi connectivity index (χ0v) is 10.6. The van der Waals surface area contributed by atoms with Gasteiger partial charge in [0.25, 0.3) is 0 Å². The summed E-state index contributed by atoms with van der Waals surface area (Å²) in [6, 6.07) is 0.772. The lowest BCUT2D eigenvalue weighted by molar-refractivity contribution is 0.0671. The molecule has 0 aliphatic carbocycles. The van der Waals surface area contributed by atoms with E-state index in [1.165, 1.54) is 51.7 Å². The highest BCUT2D eigenvalue weighted by molar-refractivity contribution is 4.75. The smallest absolute Gasteiger partial charge is 0.0673 e. The highest BCUT2D eigenvalue weighted by Gasteiger charge is 2.17. The second-order valence-corrected chi connectivity index (χ2v) is 5.27. The Morgan fingerprint density at radius 2 is 2.25 bits per heavy atom. The van der Waals surface area contributed by atoms with Gasteiger partial charge in [0.2, 0.25) is 0 Å². The number of nitrogens with one attached hydrogen (secondary N) is 1. The average Bonchev–Trinajstić information content (AvgIpc) is 2.52. The molecule has 0 spiro atoms. The van der Waals surface area contributed by atoms with Crippen LogP contribution >= 0.6 is 0 Å². The number of hydrogen-bond donors (Lipinski definition) is 1. The third-order valence-electron chi connectivity index (χ3n) is 3.74. The summed E-state index contributed by atoms with van der Waals surface area (Å²) in [4.78, 5) is 2.58. The van der Waals surface area contributed by atoms with Crippen LogP contribution in [0.15, 0.2) is 0 Å². The van der Waals surface area contributed by atoms with E-state index in [2.05, 4.69) is 17.1 Å². The third kappa shape index (κ3) is 4.04. The van der Waals surface area contributed by atoms with Crippen molar-refractivity contribution >= 4 is 0 Å². The van der Waals surface area contributed by atoms with E-state index in [1.807, 2.05) is 0 Å². The maximum atomic E-state index is 5.67. The Bertz CT molecular complexity index is 192. The van der Waals surface area contributed by atoms with Crippen molar-refractivity contribution in [2.75, 3.05) is 32.8 Å². The largest absolute Gasteiger partial charge is 0.377 e. The molecular weight excluding hydrogens is 200 g/mol. The normalized spacial score (nSPS) is 33.6. The van der Waals surface area contributed by atoms with Crippen LogP contribution in [0.3, 0.4) is 0 Å². The molecule has 0 aromatic rings. The Labute approximate surface area is 99.5 Å². The molecule has 3 heteroatoms. The molecule has 2 atom stereocenters. The van der Waals surface area contributed by atoms with E-state index >= 15 is 0 Å². The molecule has 2 heterocycles. The van der Waals surface area contributed by atoms with Crippen molar-refractivity contribution < 1.29 is 4.74 Å². The number of rotatable bonds is 3. The quantitative estimate of drug-likeness (QED) is 0.791. The maximum Gasteiger partial charge on any atom is 0.0673 e. The summed E-state index contributed by atoms with van der Waals surface area (Å²) in [5.41, 5.74) is 0. The fourth-order valence-corrected chi connectivity index (χ4v) is 2.79. The zero-order chi connectivity index (χ0) is 11.2. The summed E-state index contributed by atoms with van der Waals surface area (Å²) in [6.45, 7) is 7.94. The molecule has 2 fully saturated rings. The van der Waals surface area contributed by atoms with Gasteiger partial charge in [-0.15, -0.1) is 0 Å². The van der Waals surface area contributed by atoms with Crippen molar-refractivity contribution in [3.8, 4) is 0 Å². The van der Waals surface area contributed by atoms with E-state index in [9.17, 15) is 0 Å². The van der Waals surface area contributed by atoms with Crippen molar-refractivity contribution in [2.24, 2.45) is 0 Å². The van der Waals surface area contributed by atoms with E-state index in [1.54, 1.807) is 0 Å². The molecule has 16 heavy (non-hydrogen) atoms. The summed E-state index contributed by atoms with van der Waals surface area (Å²) in [6.07, 6.45) is 7.08. The first kappa shape index (κ1) is 12.3. The van der Waals surface area contributed by atoms with E-state index < -0.39 is 0 Å². The third-order valence-corrected chi connectivity index (χ3v) is 3.74. The molecule has 0 aromatic carbocycles. The maximum absolute atomic E-state index is 5.67. The Morgan fingerprint density at radius 1 is 1.31 bits per heavy atom. The average molecular weight is 226 g/mol. The van der Waals surface area contributed by atoms with Crippen LogP contribution in [0.25, 0.3) is 0 Å². The Balaban J connectivity index is 1.67. The predicted molar refractivity (Wildman–Crippen MR) is 66.7 cm³/mol. The van der Waals surface area contributed by atoms with Crippen molar-refractivity contribution in [2.45, 2.75) is 51.2 Å². The molecule has 2 rings (SSSR count). The number of piperidine rings is 1. The number of ether oxygens (including phenoxy) is 1. The molecule has 0 radical (unpaired) electrons. The minimum atomic E-state index is 0.418. The van der Waals surface area contributed by atoms with Crippen LogP contribution in [0.2, 0.25) is 0 Å². The molecule has 0 bridgehead atoms. The molecule has 94 valence electrons. The minimum Gasteiger partial charge on any atom is -0.377 e. The number of nitrogens with zero attached hydrogens (tertiary/aromatic N) is 1. The predicted octanol–water partition coefficient (Wildman–Crippen LogP) is 1.63. The number of hydrogen-bond acceptors (Lipinski definition) is 3. The topological polar surface area (TPSA) is 24.5 Å². The molecule has 2 aliphatic rings. The van der Waals surface area contributed by atoms with Gasteiger partial charge in [-0.05, 0) is 45.7 Å². The van der Waals surface area contributed by atoms with E-state index in [0.29, 0.717) is 6.10 Å². The molecule has 1 N–H and O–H groups in total. The van der Waals surface area contributed by atoms with Crippen LogP contribution in [0, 0.1) is 0 Å². The fourth-order valence-electron chi connectivity index (χ4n) is 2.79. The van der Waals surface area contributed by atoms with Crippen LogP contribution < -0.4 is 5.32 Å². The lowest BCUT2D eigenvalue weighted by atomic mass is 10.0. The summed E-state index contributed by atoms with van der Waals surface area (Å²) in [5.74, 6) is 0. The summed E-state index contributed by atoms with van der Waals surface area (Å²) in [5, 5.41) is 3.63. The van der Waals surface area contributed by atoms with Gasteiger partial charge in [0.1, 0.15) is 0 Å². The first-order valence-electron chi connectivity index (χ1n) is 6.92.